The lowest BCUT2D eigenvalue weighted by molar-refractivity contribution is -0.130. The van der Waals surface area contributed by atoms with Crippen molar-refractivity contribution in [3.05, 3.63) is 0 Å². The third kappa shape index (κ3) is 3.04. The zero-order valence-electron chi connectivity index (χ0n) is 11.8. The zero-order valence-corrected chi connectivity index (χ0v) is 11.8. The molecule has 0 aromatic rings. The first-order chi connectivity index (χ1) is 8.76. The van der Waals surface area contributed by atoms with Crippen molar-refractivity contribution in [3.63, 3.8) is 0 Å². The minimum Gasteiger partial charge on any atom is -0.325 e. The normalized spacial score (nSPS) is 30.1. The van der Waals surface area contributed by atoms with Crippen LogP contribution in [0.4, 0.5) is 0 Å². The fraction of sp³-hybridized carbons (Fsp3) is 0.929. The Morgan fingerprint density at radius 2 is 1.83 bits per heavy atom. The van der Waals surface area contributed by atoms with Gasteiger partial charge in [0.05, 0.1) is 12.2 Å². The van der Waals surface area contributed by atoms with Crippen molar-refractivity contribution >= 4 is 5.91 Å². The molecule has 2 aliphatic rings. The Kier molecular flexibility index (Phi) is 5.01. The monoisotopic (exact) mass is 253 g/mol. The molecule has 0 aromatic heterocycles. The van der Waals surface area contributed by atoms with Crippen molar-refractivity contribution in [3.8, 4) is 0 Å². The van der Waals surface area contributed by atoms with E-state index in [0.29, 0.717) is 5.91 Å². The lowest BCUT2D eigenvalue weighted by Crippen LogP contribution is -2.43. The second kappa shape index (κ2) is 6.53. The molecule has 2 unspecified atom stereocenters. The van der Waals surface area contributed by atoms with Crippen LogP contribution < -0.4 is 5.32 Å². The van der Waals surface area contributed by atoms with Crippen LogP contribution in [0.15, 0.2) is 0 Å². The molecule has 2 fully saturated rings. The molecule has 1 N–H and O–H groups in total. The summed E-state index contributed by atoms with van der Waals surface area (Å²) in [6.45, 7) is 8.58. The second-order valence-corrected chi connectivity index (χ2v) is 5.49. The van der Waals surface area contributed by atoms with Gasteiger partial charge >= 0.3 is 0 Å². The summed E-state index contributed by atoms with van der Waals surface area (Å²) in [5.74, 6) is 0.307. The van der Waals surface area contributed by atoms with Gasteiger partial charge < -0.3 is 9.80 Å². The first-order valence-corrected chi connectivity index (χ1v) is 7.55. The van der Waals surface area contributed by atoms with Gasteiger partial charge in [0.2, 0.25) is 5.91 Å². The Morgan fingerprint density at radius 1 is 1.11 bits per heavy atom. The van der Waals surface area contributed by atoms with Crippen LogP contribution in [0.1, 0.15) is 46.0 Å². The van der Waals surface area contributed by atoms with E-state index in [1.807, 2.05) is 0 Å². The molecule has 104 valence electrons. The average Bonchev–Trinajstić information content (AvgIpc) is 2.73. The van der Waals surface area contributed by atoms with Crippen LogP contribution >= 0.6 is 0 Å². The van der Waals surface area contributed by atoms with Gasteiger partial charge in [0.15, 0.2) is 0 Å². The number of nitrogens with zero attached hydrogens (tertiary/aromatic N) is 2. The standard InChI is InChI=1S/C14H27N3O/c1-3-12-14(18)17(13(4-2)15-12)11-10-16-8-6-5-7-9-16/h12-13,15H,3-11H2,1-2H3. The highest BCUT2D eigenvalue weighted by molar-refractivity contribution is 5.84. The molecule has 0 aromatic carbocycles. The van der Waals surface area contributed by atoms with Gasteiger partial charge in [-0.05, 0) is 38.8 Å². The van der Waals surface area contributed by atoms with Gasteiger partial charge in [-0.1, -0.05) is 20.3 Å². The summed E-state index contributed by atoms with van der Waals surface area (Å²) in [7, 11) is 0. The fourth-order valence-corrected chi connectivity index (χ4v) is 3.08. The Morgan fingerprint density at radius 3 is 2.44 bits per heavy atom. The van der Waals surface area contributed by atoms with Gasteiger partial charge in [0.1, 0.15) is 0 Å². The molecule has 2 rings (SSSR count). The quantitative estimate of drug-likeness (QED) is 0.805. The molecule has 2 heterocycles. The molecule has 0 radical (unpaired) electrons. The lowest BCUT2D eigenvalue weighted by Gasteiger charge is -2.30. The number of hydrogen-bond acceptors (Lipinski definition) is 3. The molecule has 0 bridgehead atoms. The smallest absolute Gasteiger partial charge is 0.241 e. The van der Waals surface area contributed by atoms with Gasteiger partial charge in [-0.15, -0.1) is 0 Å². The first-order valence-electron chi connectivity index (χ1n) is 7.55. The van der Waals surface area contributed by atoms with Crippen LogP contribution in [-0.4, -0.2) is 54.1 Å². The van der Waals surface area contributed by atoms with Crippen LogP contribution in [-0.2, 0) is 4.79 Å². The summed E-state index contributed by atoms with van der Waals surface area (Å²) < 4.78 is 0. The van der Waals surface area contributed by atoms with E-state index < -0.39 is 0 Å². The summed E-state index contributed by atoms with van der Waals surface area (Å²) >= 11 is 0. The molecule has 0 spiro atoms. The van der Waals surface area contributed by atoms with E-state index in [1.54, 1.807) is 0 Å². The molecular formula is C14H27N3O. The third-order valence-corrected chi connectivity index (χ3v) is 4.25. The van der Waals surface area contributed by atoms with Gasteiger partial charge in [0, 0.05) is 13.1 Å². The minimum atomic E-state index is 0.0521. The summed E-state index contributed by atoms with van der Waals surface area (Å²) in [6.07, 6.45) is 6.17. The fourth-order valence-electron chi connectivity index (χ4n) is 3.08. The van der Waals surface area contributed by atoms with Crippen molar-refractivity contribution in [2.75, 3.05) is 26.2 Å². The van der Waals surface area contributed by atoms with E-state index >= 15 is 0 Å². The largest absolute Gasteiger partial charge is 0.325 e. The average molecular weight is 253 g/mol. The molecule has 0 saturated carbocycles. The zero-order chi connectivity index (χ0) is 13.0. The minimum absolute atomic E-state index is 0.0521. The Balaban J connectivity index is 1.84. The number of nitrogens with one attached hydrogen (secondary N) is 1. The second-order valence-electron chi connectivity index (χ2n) is 5.49. The third-order valence-electron chi connectivity index (χ3n) is 4.25. The van der Waals surface area contributed by atoms with Gasteiger partial charge in [-0.25, -0.2) is 0 Å². The van der Waals surface area contributed by atoms with Crippen LogP contribution in [0.5, 0.6) is 0 Å². The maximum Gasteiger partial charge on any atom is 0.241 e. The van der Waals surface area contributed by atoms with Crippen molar-refractivity contribution in [1.29, 1.82) is 0 Å². The Labute approximate surface area is 111 Å². The van der Waals surface area contributed by atoms with Gasteiger partial charge in [-0.2, -0.15) is 0 Å². The highest BCUT2D eigenvalue weighted by Crippen LogP contribution is 2.16. The van der Waals surface area contributed by atoms with Crippen LogP contribution in [0.2, 0.25) is 0 Å². The molecular weight excluding hydrogens is 226 g/mol. The molecule has 2 aliphatic heterocycles. The first kappa shape index (κ1) is 13.8. The van der Waals surface area contributed by atoms with Crippen molar-refractivity contribution in [2.24, 2.45) is 0 Å². The maximum absolute atomic E-state index is 12.2. The topological polar surface area (TPSA) is 35.6 Å². The highest BCUT2D eigenvalue weighted by Gasteiger charge is 2.36. The summed E-state index contributed by atoms with van der Waals surface area (Å²) in [5.41, 5.74) is 0. The van der Waals surface area contributed by atoms with Crippen LogP contribution in [0.3, 0.4) is 0 Å². The van der Waals surface area contributed by atoms with E-state index in [1.165, 1.54) is 32.4 Å². The van der Waals surface area contributed by atoms with E-state index in [2.05, 4.69) is 29.0 Å². The Bertz CT molecular complexity index is 276. The molecule has 2 saturated heterocycles. The molecule has 4 nitrogen and oxygen atoms in total. The molecule has 1 amide bonds. The highest BCUT2D eigenvalue weighted by atomic mass is 16.2. The molecule has 4 heteroatoms. The predicted octanol–water partition coefficient (Wildman–Crippen LogP) is 1.42. The number of carbonyl (C=O) groups excluding carboxylic acids is 1. The maximum atomic E-state index is 12.2. The van der Waals surface area contributed by atoms with Crippen LogP contribution in [0.25, 0.3) is 0 Å². The van der Waals surface area contributed by atoms with E-state index in [9.17, 15) is 4.79 Å². The number of amides is 1. The van der Waals surface area contributed by atoms with Gasteiger partial charge in [0.25, 0.3) is 0 Å². The summed E-state index contributed by atoms with van der Waals surface area (Å²) in [5, 5.41) is 3.44. The summed E-state index contributed by atoms with van der Waals surface area (Å²) in [4.78, 5) is 16.8. The molecule has 2 atom stereocenters. The van der Waals surface area contributed by atoms with Gasteiger partial charge in [-0.3, -0.25) is 10.1 Å². The number of rotatable bonds is 5. The summed E-state index contributed by atoms with van der Waals surface area (Å²) in [6, 6.07) is 0.0521. The predicted molar refractivity (Wildman–Crippen MR) is 73.3 cm³/mol. The van der Waals surface area contributed by atoms with Crippen molar-refractivity contribution < 1.29 is 4.79 Å². The van der Waals surface area contributed by atoms with E-state index in [4.69, 9.17) is 0 Å². The van der Waals surface area contributed by atoms with E-state index in [0.717, 1.165) is 25.9 Å². The SMILES string of the molecule is CCC1NC(CC)N(CCN2CCCCC2)C1=O. The number of carbonyl (C=O) groups is 1. The number of hydrogen-bond donors (Lipinski definition) is 1. The number of piperidine rings is 1. The van der Waals surface area contributed by atoms with Crippen molar-refractivity contribution in [1.82, 2.24) is 15.1 Å². The molecule has 18 heavy (non-hydrogen) atoms. The van der Waals surface area contributed by atoms with Crippen molar-refractivity contribution in [2.45, 2.75) is 58.2 Å². The van der Waals surface area contributed by atoms with E-state index in [-0.39, 0.29) is 12.2 Å². The number of likely N-dealkylation sites (tertiary alicyclic amines) is 1. The Hall–Kier alpha value is -0.610. The lowest BCUT2D eigenvalue weighted by atomic mass is 10.1. The molecule has 0 aliphatic carbocycles. The van der Waals surface area contributed by atoms with Crippen LogP contribution in [0, 0.1) is 0 Å².